The van der Waals surface area contributed by atoms with Gasteiger partial charge in [-0.1, -0.05) is 23.7 Å². The number of hydrogen-bond donors (Lipinski definition) is 2. The average molecular weight is 238 g/mol. The molecule has 0 aliphatic rings. The highest BCUT2D eigenvalue weighted by Crippen LogP contribution is 2.13. The largest absolute Gasteiger partial charge is 0.331 e. The van der Waals surface area contributed by atoms with Gasteiger partial charge in [-0.25, -0.2) is 4.79 Å². The van der Waals surface area contributed by atoms with Crippen molar-refractivity contribution >= 4 is 11.6 Å². The number of hydrogen-bond acceptors (Lipinski definition) is 2. The topological polar surface area (TPSA) is 63.8 Å². The first-order chi connectivity index (χ1) is 7.72. The number of aromatic amines is 1. The third-order valence-corrected chi connectivity index (χ3v) is 2.64. The van der Waals surface area contributed by atoms with E-state index in [9.17, 15) is 4.79 Å². The predicted octanol–water partition coefficient (Wildman–Crippen LogP) is 1.32. The van der Waals surface area contributed by atoms with E-state index >= 15 is 0 Å². The first-order valence-electron chi connectivity index (χ1n) is 4.97. The van der Waals surface area contributed by atoms with Crippen LogP contribution in [0.25, 0.3) is 5.69 Å². The molecule has 1 aromatic carbocycles. The summed E-state index contributed by atoms with van der Waals surface area (Å²) < 4.78 is 1.41. The van der Waals surface area contributed by atoms with Gasteiger partial charge in [-0.05, 0) is 30.7 Å². The number of nitrogens with zero attached hydrogens (tertiary/aromatic N) is 1. The Kier molecular flexibility index (Phi) is 3.12. The zero-order valence-corrected chi connectivity index (χ0v) is 9.37. The highest BCUT2D eigenvalue weighted by Gasteiger charge is 2.05. The number of aromatic nitrogens is 2. The number of nitrogens with one attached hydrogen (secondary N) is 1. The molecule has 0 spiro atoms. The Hall–Kier alpha value is -1.52. The van der Waals surface area contributed by atoms with Crippen molar-refractivity contribution in [2.75, 3.05) is 6.54 Å². The minimum atomic E-state index is -0.239. The van der Waals surface area contributed by atoms with Gasteiger partial charge < -0.3 is 10.7 Å². The molecular weight excluding hydrogens is 226 g/mol. The van der Waals surface area contributed by atoms with Gasteiger partial charge in [0.15, 0.2) is 0 Å². The lowest BCUT2D eigenvalue weighted by molar-refractivity contribution is 0.956. The summed E-state index contributed by atoms with van der Waals surface area (Å²) in [4.78, 5) is 14.0. The van der Waals surface area contributed by atoms with Crippen LogP contribution in [0, 0.1) is 0 Å². The second-order valence-electron chi connectivity index (χ2n) is 3.46. The number of nitrogens with two attached hydrogens (primary N) is 1. The van der Waals surface area contributed by atoms with Gasteiger partial charge in [0.05, 0.1) is 5.69 Å². The Labute approximate surface area is 97.7 Å². The van der Waals surface area contributed by atoms with Crippen molar-refractivity contribution in [1.82, 2.24) is 9.55 Å². The van der Waals surface area contributed by atoms with Gasteiger partial charge in [0, 0.05) is 6.20 Å². The fourth-order valence-electron chi connectivity index (χ4n) is 1.57. The average Bonchev–Trinajstić information content (AvgIpc) is 2.61. The van der Waals surface area contributed by atoms with Crippen LogP contribution in [0.2, 0.25) is 5.15 Å². The third-order valence-electron chi connectivity index (χ3n) is 2.36. The monoisotopic (exact) mass is 237 g/mol. The predicted molar refractivity (Wildman–Crippen MR) is 64.2 cm³/mol. The highest BCUT2D eigenvalue weighted by atomic mass is 35.5. The fraction of sp³-hybridized carbons (Fsp3) is 0.182. The molecule has 0 bridgehead atoms. The summed E-state index contributed by atoms with van der Waals surface area (Å²) >= 11 is 5.89. The van der Waals surface area contributed by atoms with E-state index < -0.39 is 0 Å². The molecule has 0 radical (unpaired) electrons. The molecule has 0 unspecified atom stereocenters. The lowest BCUT2D eigenvalue weighted by Crippen LogP contribution is -2.14. The molecule has 5 heteroatoms. The number of halogens is 1. The molecule has 2 rings (SSSR count). The highest BCUT2D eigenvalue weighted by molar-refractivity contribution is 6.29. The van der Waals surface area contributed by atoms with E-state index in [-0.39, 0.29) is 5.69 Å². The van der Waals surface area contributed by atoms with Crippen molar-refractivity contribution in [2.24, 2.45) is 5.73 Å². The molecular formula is C11H12ClN3O. The summed E-state index contributed by atoms with van der Waals surface area (Å²) in [5.41, 5.74) is 7.11. The zero-order valence-electron chi connectivity index (χ0n) is 8.61. The molecule has 0 aliphatic heterocycles. The van der Waals surface area contributed by atoms with Gasteiger partial charge in [0.1, 0.15) is 5.15 Å². The van der Waals surface area contributed by atoms with Gasteiger partial charge in [-0.15, -0.1) is 0 Å². The van der Waals surface area contributed by atoms with Crippen molar-refractivity contribution in [2.45, 2.75) is 6.42 Å². The molecule has 0 aliphatic carbocycles. The molecule has 84 valence electrons. The van der Waals surface area contributed by atoms with E-state index in [0.717, 1.165) is 17.7 Å². The minimum absolute atomic E-state index is 0.239. The molecule has 4 nitrogen and oxygen atoms in total. The smallest absolute Gasteiger partial charge is 0.330 e. The third kappa shape index (κ3) is 2.03. The van der Waals surface area contributed by atoms with Crippen LogP contribution in [0.4, 0.5) is 0 Å². The lowest BCUT2D eigenvalue weighted by Gasteiger charge is -2.04. The molecule has 1 heterocycles. The van der Waals surface area contributed by atoms with Crippen molar-refractivity contribution in [3.63, 3.8) is 0 Å². The number of rotatable bonds is 3. The number of imidazole rings is 1. The number of H-pyrrole nitrogens is 1. The van der Waals surface area contributed by atoms with E-state index in [4.69, 9.17) is 17.3 Å². The summed E-state index contributed by atoms with van der Waals surface area (Å²) in [6.07, 6.45) is 2.30. The lowest BCUT2D eigenvalue weighted by atomic mass is 10.1. The van der Waals surface area contributed by atoms with E-state index in [1.165, 1.54) is 10.8 Å². The Bertz CT molecular complexity index is 527. The van der Waals surface area contributed by atoms with Gasteiger partial charge >= 0.3 is 5.69 Å². The second-order valence-corrected chi connectivity index (χ2v) is 3.84. The van der Waals surface area contributed by atoms with Crippen LogP contribution in [0.1, 0.15) is 5.56 Å². The van der Waals surface area contributed by atoms with E-state index in [2.05, 4.69) is 4.98 Å². The zero-order chi connectivity index (χ0) is 11.5. The molecule has 0 saturated heterocycles. The van der Waals surface area contributed by atoms with Gasteiger partial charge in [-0.2, -0.15) is 0 Å². The van der Waals surface area contributed by atoms with Crippen molar-refractivity contribution in [3.05, 3.63) is 51.7 Å². The SMILES string of the molecule is NCCc1ccc(-n2c(Cl)c[nH]c2=O)cc1. The first kappa shape index (κ1) is 11.0. The Morgan fingerprint density at radius 2 is 2.00 bits per heavy atom. The Morgan fingerprint density at radius 1 is 1.31 bits per heavy atom. The summed E-state index contributed by atoms with van der Waals surface area (Å²) in [7, 11) is 0. The molecule has 16 heavy (non-hydrogen) atoms. The van der Waals surface area contributed by atoms with Crippen molar-refractivity contribution < 1.29 is 0 Å². The van der Waals surface area contributed by atoms with Crippen LogP contribution in [0.15, 0.2) is 35.3 Å². The van der Waals surface area contributed by atoms with Crippen LogP contribution in [0.5, 0.6) is 0 Å². The number of benzene rings is 1. The molecule has 0 fully saturated rings. The summed E-state index contributed by atoms with van der Waals surface area (Å²) in [6.45, 7) is 0.615. The Balaban J connectivity index is 2.39. The maximum atomic E-state index is 11.5. The Morgan fingerprint density at radius 3 is 2.50 bits per heavy atom. The fourth-order valence-corrected chi connectivity index (χ4v) is 1.80. The first-order valence-corrected chi connectivity index (χ1v) is 5.35. The maximum absolute atomic E-state index is 11.5. The maximum Gasteiger partial charge on any atom is 0.331 e. The quantitative estimate of drug-likeness (QED) is 0.846. The van der Waals surface area contributed by atoms with Gasteiger partial charge in [0.25, 0.3) is 0 Å². The van der Waals surface area contributed by atoms with Gasteiger partial charge in [-0.3, -0.25) is 4.57 Å². The molecule has 1 aromatic heterocycles. The van der Waals surface area contributed by atoms with E-state index in [1.807, 2.05) is 24.3 Å². The van der Waals surface area contributed by atoms with Crippen LogP contribution in [-0.2, 0) is 6.42 Å². The molecule has 0 amide bonds. The summed E-state index contributed by atoms with van der Waals surface area (Å²) in [5.74, 6) is 0. The van der Waals surface area contributed by atoms with Crippen molar-refractivity contribution in [1.29, 1.82) is 0 Å². The normalized spacial score (nSPS) is 10.6. The van der Waals surface area contributed by atoms with E-state index in [1.54, 1.807) is 0 Å². The van der Waals surface area contributed by atoms with Crippen LogP contribution in [-0.4, -0.2) is 16.1 Å². The molecule has 0 saturated carbocycles. The molecule has 3 N–H and O–H groups in total. The second kappa shape index (κ2) is 4.55. The van der Waals surface area contributed by atoms with Crippen LogP contribution in [0.3, 0.4) is 0 Å². The van der Waals surface area contributed by atoms with Crippen LogP contribution >= 0.6 is 11.6 Å². The van der Waals surface area contributed by atoms with Crippen molar-refractivity contribution in [3.8, 4) is 5.69 Å². The molecule has 2 aromatic rings. The minimum Gasteiger partial charge on any atom is -0.330 e. The molecule has 0 atom stereocenters. The van der Waals surface area contributed by atoms with Gasteiger partial charge in [0.2, 0.25) is 0 Å². The summed E-state index contributed by atoms with van der Waals surface area (Å²) in [5, 5.41) is 0.372. The van der Waals surface area contributed by atoms with E-state index in [0.29, 0.717) is 11.7 Å². The van der Waals surface area contributed by atoms with Crippen LogP contribution < -0.4 is 11.4 Å². The standard InChI is InChI=1S/C11H12ClN3O/c12-10-7-14-11(16)15(10)9-3-1-8(2-4-9)5-6-13/h1-4,7H,5-6,13H2,(H,14,16). The summed E-state index contributed by atoms with van der Waals surface area (Å²) in [6, 6.07) is 7.59.